The standard InChI is InChI=1S/C14H11Br2NO3/c1-8-5-10(3-4-11(8)15)20-14-6-9(2)13(17(18)19)7-12(14)16/h3-7H,1-2H3. The zero-order chi connectivity index (χ0) is 14.9. The molecule has 0 N–H and O–H groups in total. The van der Waals surface area contributed by atoms with E-state index in [0.29, 0.717) is 21.5 Å². The lowest BCUT2D eigenvalue weighted by Crippen LogP contribution is -1.94. The molecule has 2 aromatic rings. The first kappa shape index (κ1) is 15.0. The minimum Gasteiger partial charge on any atom is -0.456 e. The molecule has 20 heavy (non-hydrogen) atoms. The average Bonchev–Trinajstić information content (AvgIpc) is 2.37. The first-order valence-corrected chi connectivity index (χ1v) is 7.35. The van der Waals surface area contributed by atoms with Crippen molar-refractivity contribution in [3.05, 3.63) is 60.5 Å². The van der Waals surface area contributed by atoms with E-state index in [9.17, 15) is 10.1 Å². The summed E-state index contributed by atoms with van der Waals surface area (Å²) in [5.41, 5.74) is 1.68. The van der Waals surface area contributed by atoms with Crippen molar-refractivity contribution in [2.75, 3.05) is 0 Å². The predicted molar refractivity (Wildman–Crippen MR) is 84.5 cm³/mol. The molecule has 4 nitrogen and oxygen atoms in total. The van der Waals surface area contributed by atoms with Crippen molar-refractivity contribution in [3.8, 4) is 11.5 Å². The monoisotopic (exact) mass is 399 g/mol. The van der Waals surface area contributed by atoms with Crippen LogP contribution in [0, 0.1) is 24.0 Å². The van der Waals surface area contributed by atoms with Gasteiger partial charge in [-0.2, -0.15) is 0 Å². The van der Waals surface area contributed by atoms with Crippen molar-refractivity contribution in [2.45, 2.75) is 13.8 Å². The summed E-state index contributed by atoms with van der Waals surface area (Å²) in [6.45, 7) is 3.65. The number of nitro groups is 1. The normalized spacial score (nSPS) is 10.4. The molecule has 0 fully saturated rings. The molecule has 0 saturated carbocycles. The van der Waals surface area contributed by atoms with Crippen LogP contribution in [-0.2, 0) is 0 Å². The first-order chi connectivity index (χ1) is 9.38. The molecule has 0 unspecified atom stereocenters. The highest BCUT2D eigenvalue weighted by atomic mass is 79.9. The molecular weight excluding hydrogens is 390 g/mol. The van der Waals surface area contributed by atoms with Crippen molar-refractivity contribution in [1.29, 1.82) is 0 Å². The maximum absolute atomic E-state index is 10.9. The van der Waals surface area contributed by atoms with E-state index in [-0.39, 0.29) is 5.69 Å². The highest BCUT2D eigenvalue weighted by molar-refractivity contribution is 9.10. The highest BCUT2D eigenvalue weighted by Crippen LogP contribution is 2.35. The van der Waals surface area contributed by atoms with Gasteiger partial charge in [0.15, 0.2) is 0 Å². The molecule has 0 spiro atoms. The Morgan fingerprint density at radius 1 is 1.05 bits per heavy atom. The van der Waals surface area contributed by atoms with E-state index in [1.165, 1.54) is 6.07 Å². The minimum atomic E-state index is -0.409. The first-order valence-electron chi connectivity index (χ1n) is 5.77. The topological polar surface area (TPSA) is 52.4 Å². The number of hydrogen-bond acceptors (Lipinski definition) is 3. The quantitative estimate of drug-likeness (QED) is 0.502. The molecule has 0 saturated heterocycles. The van der Waals surface area contributed by atoms with Crippen LogP contribution in [0.3, 0.4) is 0 Å². The van der Waals surface area contributed by atoms with Crippen LogP contribution in [0.2, 0.25) is 0 Å². The minimum absolute atomic E-state index is 0.0659. The Morgan fingerprint density at radius 3 is 2.35 bits per heavy atom. The number of nitro benzene ring substituents is 1. The SMILES string of the molecule is Cc1cc(Oc2cc(C)c([N+](=O)[O-])cc2Br)ccc1Br. The molecule has 0 aliphatic heterocycles. The lowest BCUT2D eigenvalue weighted by atomic mass is 10.2. The van der Waals surface area contributed by atoms with E-state index >= 15 is 0 Å². The van der Waals surface area contributed by atoms with Gasteiger partial charge in [0.05, 0.1) is 9.40 Å². The fraction of sp³-hybridized carbons (Fsp3) is 0.143. The van der Waals surface area contributed by atoms with Gasteiger partial charge in [0.1, 0.15) is 11.5 Å². The maximum Gasteiger partial charge on any atom is 0.273 e. The van der Waals surface area contributed by atoms with Crippen LogP contribution in [0.5, 0.6) is 11.5 Å². The van der Waals surface area contributed by atoms with Crippen LogP contribution >= 0.6 is 31.9 Å². The zero-order valence-electron chi connectivity index (χ0n) is 10.8. The van der Waals surface area contributed by atoms with Crippen molar-refractivity contribution < 1.29 is 9.66 Å². The smallest absolute Gasteiger partial charge is 0.273 e. The third-order valence-electron chi connectivity index (χ3n) is 2.80. The summed E-state index contributed by atoms with van der Waals surface area (Å²) in [5.74, 6) is 1.23. The number of hydrogen-bond donors (Lipinski definition) is 0. The summed E-state index contributed by atoms with van der Waals surface area (Å²) in [6.07, 6.45) is 0. The van der Waals surface area contributed by atoms with E-state index in [2.05, 4.69) is 31.9 Å². The molecule has 2 aromatic carbocycles. The van der Waals surface area contributed by atoms with Crippen LogP contribution in [0.4, 0.5) is 5.69 Å². The number of nitrogens with zero attached hydrogens (tertiary/aromatic N) is 1. The molecule has 6 heteroatoms. The number of ether oxygens (including phenoxy) is 1. The molecule has 2 rings (SSSR count). The van der Waals surface area contributed by atoms with Gasteiger partial charge in [0.2, 0.25) is 0 Å². The van der Waals surface area contributed by atoms with Gasteiger partial charge in [-0.3, -0.25) is 10.1 Å². The number of rotatable bonds is 3. The fourth-order valence-electron chi connectivity index (χ4n) is 1.73. The molecule has 0 atom stereocenters. The second kappa shape index (κ2) is 5.93. The molecule has 0 aliphatic rings. The summed E-state index contributed by atoms with van der Waals surface area (Å²) in [4.78, 5) is 10.5. The predicted octanol–water partition coefficient (Wildman–Crippen LogP) is 5.53. The van der Waals surface area contributed by atoms with Gasteiger partial charge < -0.3 is 4.74 Å². The number of halogens is 2. The van der Waals surface area contributed by atoms with Crippen LogP contribution in [0.25, 0.3) is 0 Å². The summed E-state index contributed by atoms with van der Waals surface area (Å²) < 4.78 is 7.33. The van der Waals surface area contributed by atoms with E-state index in [4.69, 9.17) is 4.74 Å². The second-order valence-corrected chi connectivity index (χ2v) is 6.05. The molecule has 0 bridgehead atoms. The van der Waals surface area contributed by atoms with Gasteiger partial charge in [0.25, 0.3) is 5.69 Å². The maximum atomic E-state index is 10.9. The van der Waals surface area contributed by atoms with Gasteiger partial charge >= 0.3 is 0 Å². The molecule has 0 aromatic heterocycles. The van der Waals surface area contributed by atoms with Crippen molar-refractivity contribution in [3.63, 3.8) is 0 Å². The van der Waals surface area contributed by atoms with Crippen LogP contribution in [-0.4, -0.2) is 4.92 Å². The lowest BCUT2D eigenvalue weighted by Gasteiger charge is -2.10. The second-order valence-electron chi connectivity index (χ2n) is 4.34. The fourth-order valence-corrected chi connectivity index (χ4v) is 2.39. The van der Waals surface area contributed by atoms with Crippen molar-refractivity contribution >= 4 is 37.5 Å². The Hall–Kier alpha value is -1.40. The Morgan fingerprint density at radius 2 is 1.75 bits per heavy atom. The van der Waals surface area contributed by atoms with Gasteiger partial charge in [0, 0.05) is 16.1 Å². The highest BCUT2D eigenvalue weighted by Gasteiger charge is 2.15. The Balaban J connectivity index is 2.36. The van der Waals surface area contributed by atoms with E-state index in [1.54, 1.807) is 13.0 Å². The largest absolute Gasteiger partial charge is 0.456 e. The molecule has 0 heterocycles. The molecule has 0 aliphatic carbocycles. The molecule has 0 radical (unpaired) electrons. The average molecular weight is 401 g/mol. The summed E-state index contributed by atoms with van der Waals surface area (Å²) >= 11 is 6.73. The number of aryl methyl sites for hydroxylation is 2. The van der Waals surface area contributed by atoms with Gasteiger partial charge in [-0.05, 0) is 59.6 Å². The molecule has 0 amide bonds. The Kier molecular flexibility index (Phi) is 4.45. The zero-order valence-corrected chi connectivity index (χ0v) is 14.0. The van der Waals surface area contributed by atoms with Crippen molar-refractivity contribution in [1.82, 2.24) is 0 Å². The third-order valence-corrected chi connectivity index (χ3v) is 4.31. The molecular formula is C14H11Br2NO3. The van der Waals surface area contributed by atoms with Gasteiger partial charge in [-0.15, -0.1) is 0 Å². The molecule has 104 valence electrons. The summed E-state index contributed by atoms with van der Waals surface area (Å²) in [7, 11) is 0. The number of benzene rings is 2. The Bertz CT molecular complexity index is 686. The Labute approximate surface area is 133 Å². The van der Waals surface area contributed by atoms with E-state index < -0.39 is 4.92 Å². The van der Waals surface area contributed by atoms with Crippen LogP contribution in [0.15, 0.2) is 39.3 Å². The summed E-state index contributed by atoms with van der Waals surface area (Å²) in [6, 6.07) is 8.74. The van der Waals surface area contributed by atoms with Crippen molar-refractivity contribution in [2.24, 2.45) is 0 Å². The van der Waals surface area contributed by atoms with Gasteiger partial charge in [-0.25, -0.2) is 0 Å². The van der Waals surface area contributed by atoms with E-state index in [0.717, 1.165) is 10.0 Å². The van der Waals surface area contributed by atoms with Crippen LogP contribution < -0.4 is 4.74 Å². The van der Waals surface area contributed by atoms with Crippen LogP contribution in [0.1, 0.15) is 11.1 Å². The summed E-state index contributed by atoms with van der Waals surface area (Å²) in [5, 5.41) is 10.9. The van der Waals surface area contributed by atoms with E-state index in [1.807, 2.05) is 25.1 Å². The lowest BCUT2D eigenvalue weighted by molar-refractivity contribution is -0.385. The van der Waals surface area contributed by atoms with Gasteiger partial charge in [-0.1, -0.05) is 15.9 Å². The third kappa shape index (κ3) is 3.19.